The van der Waals surface area contributed by atoms with Gasteiger partial charge in [-0.2, -0.15) is 0 Å². The van der Waals surface area contributed by atoms with E-state index in [9.17, 15) is 38.2 Å². The first-order valence-corrected chi connectivity index (χ1v) is 12.2. The van der Waals surface area contributed by atoms with Gasteiger partial charge in [0.05, 0.1) is 36.2 Å². The van der Waals surface area contributed by atoms with Crippen LogP contribution in [0.1, 0.15) is 47.1 Å². The Morgan fingerprint density at radius 1 is 0.780 bits per heavy atom. The third-order valence-electron chi connectivity index (χ3n) is 6.32. The molecule has 2 N–H and O–H groups in total. The summed E-state index contributed by atoms with van der Waals surface area (Å²) < 4.78 is 35.8. The molecule has 0 aromatic heterocycles. The second kappa shape index (κ2) is 14.7. The minimum atomic E-state index is -2.39. The average molecular weight is 571 g/mol. The third kappa shape index (κ3) is 8.42. The van der Waals surface area contributed by atoms with Gasteiger partial charge in [0.1, 0.15) is 0 Å². The van der Waals surface area contributed by atoms with Crippen molar-refractivity contribution in [3.8, 4) is 0 Å². The first kappa shape index (κ1) is 32.6. The molecule has 0 saturated carbocycles. The lowest BCUT2D eigenvalue weighted by atomic mass is 9.81. The van der Waals surface area contributed by atoms with Gasteiger partial charge in [-0.25, -0.2) is 18.4 Å². The summed E-state index contributed by atoms with van der Waals surface area (Å²) in [5.74, 6) is -7.77. The van der Waals surface area contributed by atoms with Crippen LogP contribution in [0.15, 0.2) is 78.9 Å². The predicted molar refractivity (Wildman–Crippen MR) is 138 cm³/mol. The minimum Gasteiger partial charge on any atom is -0.546 e. The number of ether oxygens (including phenoxy) is 2. The zero-order valence-electron chi connectivity index (χ0n) is 21.4. The van der Waals surface area contributed by atoms with E-state index in [2.05, 4.69) is 14.8 Å². The van der Waals surface area contributed by atoms with Crippen molar-refractivity contribution in [2.75, 3.05) is 13.1 Å². The molecule has 11 heteroatoms. The smallest absolute Gasteiger partial charge is 0.338 e. The Kier molecular flexibility index (Phi) is 11.6. The van der Waals surface area contributed by atoms with Gasteiger partial charge < -0.3 is 34.6 Å². The minimum absolute atomic E-state index is 0. The van der Waals surface area contributed by atoms with Gasteiger partial charge in [0.2, 0.25) is 0 Å². The number of quaternary nitrogens is 1. The van der Waals surface area contributed by atoms with Crippen LogP contribution in [0.4, 0.5) is 8.78 Å². The molecule has 1 aliphatic rings. The summed E-state index contributed by atoms with van der Waals surface area (Å²) in [5, 5.41) is 24.7. The van der Waals surface area contributed by atoms with Crippen LogP contribution in [-0.2, 0) is 24.5 Å². The van der Waals surface area contributed by atoms with Gasteiger partial charge in [-0.05, 0) is 37.3 Å². The Hall–Kier alpha value is -4.64. The fraction of sp³-hybridized carbons (Fsp3) is 0.267. The van der Waals surface area contributed by atoms with E-state index in [-0.39, 0.29) is 24.0 Å². The van der Waals surface area contributed by atoms with Crippen LogP contribution in [0, 0.1) is 11.6 Å². The Balaban J connectivity index is 0.000000330. The van der Waals surface area contributed by atoms with Crippen LogP contribution in [0.25, 0.3) is 0 Å². The van der Waals surface area contributed by atoms with E-state index in [0.29, 0.717) is 5.56 Å². The molecule has 1 fully saturated rings. The maximum absolute atomic E-state index is 13.5. The van der Waals surface area contributed by atoms with Gasteiger partial charge in [0.15, 0.2) is 23.8 Å². The highest BCUT2D eigenvalue weighted by molar-refractivity contribution is 5.94. The number of halogens is 2. The monoisotopic (exact) mass is 570 g/mol. The number of carbonyl (C=O) groups excluding carboxylic acids is 4. The number of rotatable bonds is 8. The van der Waals surface area contributed by atoms with Crippen LogP contribution in [0.2, 0.25) is 0 Å². The van der Waals surface area contributed by atoms with Gasteiger partial charge in [0, 0.05) is 17.4 Å². The normalized spacial score (nSPS) is 17.0. The highest BCUT2D eigenvalue weighted by Crippen LogP contribution is 2.30. The van der Waals surface area contributed by atoms with Crippen molar-refractivity contribution < 1.29 is 53.0 Å². The van der Waals surface area contributed by atoms with Crippen molar-refractivity contribution >= 4 is 23.9 Å². The van der Waals surface area contributed by atoms with Gasteiger partial charge in [-0.15, -0.1) is 0 Å². The van der Waals surface area contributed by atoms with Gasteiger partial charge in [0.25, 0.3) is 0 Å². The van der Waals surface area contributed by atoms with E-state index in [1.165, 1.54) is 54.6 Å². The zero-order chi connectivity index (χ0) is 29.3. The molecule has 0 amide bonds. The summed E-state index contributed by atoms with van der Waals surface area (Å²) in [5.41, 5.74) is 0.272. The van der Waals surface area contributed by atoms with E-state index in [4.69, 9.17) is 0 Å². The Labute approximate surface area is 235 Å². The summed E-state index contributed by atoms with van der Waals surface area (Å²) in [6.07, 6.45) is -3.87. The summed E-state index contributed by atoms with van der Waals surface area (Å²) >= 11 is 0. The summed E-state index contributed by atoms with van der Waals surface area (Å²) in [6.45, 7) is 3.83. The summed E-state index contributed by atoms with van der Waals surface area (Å²) in [6, 6.07) is 19.0. The molecule has 9 nitrogen and oxygen atoms in total. The van der Waals surface area contributed by atoms with Gasteiger partial charge in [-0.3, -0.25) is 0 Å². The predicted octanol–water partition coefficient (Wildman–Crippen LogP) is 0.763. The standard InChI is InChI=1S/C18H14O8.C11H13F2N.CH4/c19-15(20)13(25-17(23)11-7-3-1-4-8-11)14(16(21)22)26-18(24)12-9-5-2-6-10-12;1-11(5-6-14-7-11)8-3-2-4-9(12)10(8)13;/h1-10,13-14H,(H,19,20)(H,21,22);2-4,14H,5-7H2,1H3;1H4/p-1/t13-,14-;11-;/m10./s1. The van der Waals surface area contributed by atoms with Crippen LogP contribution >= 0.6 is 0 Å². The highest BCUT2D eigenvalue weighted by atomic mass is 19.2. The highest BCUT2D eigenvalue weighted by Gasteiger charge is 2.36. The molecule has 218 valence electrons. The van der Waals surface area contributed by atoms with Gasteiger partial charge >= 0.3 is 11.9 Å². The number of carboxylic acids is 2. The molecule has 1 saturated heterocycles. The molecule has 3 aromatic rings. The molecule has 0 bridgehead atoms. The lowest BCUT2D eigenvalue weighted by Gasteiger charge is -2.28. The number of nitrogens with two attached hydrogens (primary N) is 1. The maximum atomic E-state index is 13.5. The molecule has 3 aromatic carbocycles. The van der Waals surface area contributed by atoms with Crippen molar-refractivity contribution in [3.63, 3.8) is 0 Å². The van der Waals surface area contributed by atoms with Crippen LogP contribution in [-0.4, -0.2) is 49.2 Å². The van der Waals surface area contributed by atoms with E-state index < -0.39 is 47.7 Å². The van der Waals surface area contributed by atoms with E-state index >= 15 is 0 Å². The molecular weight excluding hydrogens is 540 g/mol. The molecule has 1 aliphatic heterocycles. The van der Waals surface area contributed by atoms with Gasteiger partial charge in [-0.1, -0.05) is 56.0 Å². The summed E-state index contributed by atoms with van der Waals surface area (Å²) in [4.78, 5) is 46.5. The van der Waals surface area contributed by atoms with E-state index in [0.717, 1.165) is 19.5 Å². The first-order valence-electron chi connectivity index (χ1n) is 12.2. The fourth-order valence-electron chi connectivity index (χ4n) is 4.14. The first-order chi connectivity index (χ1) is 19.0. The molecular formula is C30H30F2NO8-. The number of benzene rings is 3. The van der Waals surface area contributed by atoms with E-state index in [1.807, 2.05) is 6.92 Å². The van der Waals surface area contributed by atoms with Crippen molar-refractivity contribution in [1.29, 1.82) is 0 Å². The third-order valence-corrected chi connectivity index (χ3v) is 6.32. The number of hydrogen-bond donors (Lipinski definition) is 1. The largest absolute Gasteiger partial charge is 0.546 e. The van der Waals surface area contributed by atoms with Crippen molar-refractivity contribution in [2.24, 2.45) is 0 Å². The SMILES string of the molecule is C.C[C@]1(c2cccc(F)c2F)CC[NH2+]C1.O=C(O[C@@H](C(=O)[O-])[C@@H](OC(=O)c1ccccc1)C(=O)[O-])c1ccccc1. The number of esters is 2. The maximum Gasteiger partial charge on any atom is 0.338 e. The molecule has 0 radical (unpaired) electrons. The fourth-order valence-corrected chi connectivity index (χ4v) is 4.14. The van der Waals surface area contributed by atoms with Crippen molar-refractivity contribution in [3.05, 3.63) is 107 Å². The quantitative estimate of drug-likeness (QED) is 0.390. The second-order valence-corrected chi connectivity index (χ2v) is 9.22. The van der Waals surface area contributed by atoms with Crippen molar-refractivity contribution in [2.45, 2.75) is 38.4 Å². The molecule has 0 aliphatic carbocycles. The topological polar surface area (TPSA) is 149 Å². The molecule has 3 atom stereocenters. The number of carboxylic acid groups (broad SMARTS) is 2. The Morgan fingerprint density at radius 2 is 1.24 bits per heavy atom. The lowest BCUT2D eigenvalue weighted by Crippen LogP contribution is -2.82. The Bertz CT molecular complexity index is 1280. The molecule has 4 rings (SSSR count). The van der Waals surface area contributed by atoms with Crippen LogP contribution in [0.3, 0.4) is 0 Å². The number of hydrogen-bond acceptors (Lipinski definition) is 8. The number of aliphatic carboxylic acids is 2. The van der Waals surface area contributed by atoms with Crippen molar-refractivity contribution in [1.82, 2.24) is 0 Å². The molecule has 0 spiro atoms. The molecule has 41 heavy (non-hydrogen) atoms. The van der Waals surface area contributed by atoms with Crippen LogP contribution < -0.4 is 15.5 Å². The molecule has 1 heterocycles. The second-order valence-electron chi connectivity index (χ2n) is 9.22. The van der Waals surface area contributed by atoms with Crippen LogP contribution in [0.5, 0.6) is 0 Å². The Morgan fingerprint density at radius 3 is 1.63 bits per heavy atom. The lowest BCUT2D eigenvalue weighted by molar-refractivity contribution is -0.638. The number of carbonyl (C=O) groups is 4. The average Bonchev–Trinajstić information content (AvgIpc) is 3.40. The zero-order valence-corrected chi connectivity index (χ0v) is 21.4. The summed E-state index contributed by atoms with van der Waals surface area (Å²) in [7, 11) is 0. The molecule has 0 unspecified atom stereocenters. The van der Waals surface area contributed by atoms with E-state index in [1.54, 1.807) is 24.3 Å².